The minimum atomic E-state index is -0.396. The van der Waals surface area contributed by atoms with Gasteiger partial charge in [-0.15, -0.1) is 0 Å². The molecule has 1 heterocycles. The van der Waals surface area contributed by atoms with E-state index >= 15 is 0 Å². The molecular formula is C20H22ClN3O3. The molecule has 0 bridgehead atoms. The summed E-state index contributed by atoms with van der Waals surface area (Å²) in [6.45, 7) is 2.60. The van der Waals surface area contributed by atoms with Crippen LogP contribution in [0.2, 0.25) is 5.02 Å². The van der Waals surface area contributed by atoms with Gasteiger partial charge in [0.1, 0.15) is 5.75 Å². The number of anilines is 3. The summed E-state index contributed by atoms with van der Waals surface area (Å²) in [5.74, 6) is 0.635. The number of aryl methyl sites for hydroxylation is 1. The van der Waals surface area contributed by atoms with Gasteiger partial charge in [0, 0.05) is 29.4 Å². The highest BCUT2D eigenvalue weighted by atomic mass is 35.5. The number of benzene rings is 2. The number of amides is 3. The van der Waals surface area contributed by atoms with Crippen LogP contribution in [-0.4, -0.2) is 25.6 Å². The highest BCUT2D eigenvalue weighted by molar-refractivity contribution is 6.31. The van der Waals surface area contributed by atoms with Crippen LogP contribution in [0, 0.1) is 0 Å². The first kappa shape index (κ1) is 19.0. The number of methoxy groups -OCH3 is 1. The number of rotatable bonds is 4. The second kappa shape index (κ2) is 8.31. The number of nitrogens with zero attached hydrogens (tertiary/aromatic N) is 1. The van der Waals surface area contributed by atoms with Crippen molar-refractivity contribution in [2.75, 3.05) is 29.2 Å². The second-order valence-electron chi connectivity index (χ2n) is 6.27. The van der Waals surface area contributed by atoms with Crippen molar-refractivity contribution >= 4 is 40.6 Å². The van der Waals surface area contributed by atoms with Crippen LogP contribution >= 0.6 is 11.6 Å². The predicted molar refractivity (Wildman–Crippen MR) is 108 cm³/mol. The molecule has 1 aliphatic heterocycles. The van der Waals surface area contributed by atoms with Crippen LogP contribution in [0.25, 0.3) is 0 Å². The fourth-order valence-electron chi connectivity index (χ4n) is 3.19. The third kappa shape index (κ3) is 4.34. The van der Waals surface area contributed by atoms with Crippen LogP contribution in [0.1, 0.15) is 25.3 Å². The molecule has 7 heteroatoms. The van der Waals surface area contributed by atoms with Crippen molar-refractivity contribution in [3.8, 4) is 5.75 Å². The van der Waals surface area contributed by atoms with Gasteiger partial charge in [-0.25, -0.2) is 4.79 Å². The average molecular weight is 388 g/mol. The maximum Gasteiger partial charge on any atom is 0.323 e. The van der Waals surface area contributed by atoms with Crippen molar-refractivity contribution in [1.82, 2.24) is 0 Å². The lowest BCUT2D eigenvalue weighted by Crippen LogP contribution is -2.34. The molecule has 0 fully saturated rings. The molecular weight excluding hydrogens is 366 g/mol. The summed E-state index contributed by atoms with van der Waals surface area (Å²) >= 11 is 5.99. The lowest BCUT2D eigenvalue weighted by molar-refractivity contribution is -0.118. The molecule has 1 aliphatic rings. The number of nitrogens with one attached hydrogen (secondary N) is 2. The van der Waals surface area contributed by atoms with Crippen LogP contribution in [0.3, 0.4) is 0 Å². The molecule has 0 unspecified atom stereocenters. The average Bonchev–Trinajstić information content (AvgIpc) is 2.66. The van der Waals surface area contributed by atoms with Gasteiger partial charge in [0.05, 0.1) is 12.8 Å². The number of hydrogen-bond acceptors (Lipinski definition) is 3. The molecule has 142 valence electrons. The quantitative estimate of drug-likeness (QED) is 0.800. The summed E-state index contributed by atoms with van der Waals surface area (Å²) in [5, 5.41) is 6.06. The van der Waals surface area contributed by atoms with Gasteiger partial charge in [-0.1, -0.05) is 18.5 Å². The zero-order valence-corrected chi connectivity index (χ0v) is 16.1. The van der Waals surface area contributed by atoms with Crippen LogP contribution in [0.4, 0.5) is 21.9 Å². The van der Waals surface area contributed by atoms with Crippen molar-refractivity contribution < 1.29 is 14.3 Å². The van der Waals surface area contributed by atoms with Crippen molar-refractivity contribution in [2.45, 2.75) is 26.2 Å². The Bertz CT molecular complexity index is 870. The standard InChI is InChI=1S/C20H22ClN3O3/c1-3-19(25)24-10-4-5-13-11-15(7-8-17(13)24)22-20(26)23-16-12-14(21)6-9-18(16)27-2/h6-9,11-12H,3-5,10H2,1-2H3,(H2,22,23,26). The van der Waals surface area contributed by atoms with Crippen molar-refractivity contribution in [1.29, 1.82) is 0 Å². The van der Waals surface area contributed by atoms with Crippen LogP contribution < -0.4 is 20.3 Å². The van der Waals surface area contributed by atoms with Gasteiger partial charge in [0.15, 0.2) is 0 Å². The molecule has 0 saturated carbocycles. The molecule has 0 spiro atoms. The first-order valence-electron chi connectivity index (χ1n) is 8.86. The molecule has 0 aromatic heterocycles. The molecule has 27 heavy (non-hydrogen) atoms. The lowest BCUT2D eigenvalue weighted by Gasteiger charge is -2.29. The molecule has 2 aromatic rings. The topological polar surface area (TPSA) is 70.7 Å². The molecule has 3 amide bonds. The van der Waals surface area contributed by atoms with E-state index in [1.807, 2.05) is 24.0 Å². The van der Waals surface area contributed by atoms with E-state index < -0.39 is 6.03 Å². The monoisotopic (exact) mass is 387 g/mol. The Balaban J connectivity index is 1.74. The number of hydrogen-bond donors (Lipinski definition) is 2. The first-order valence-corrected chi connectivity index (χ1v) is 9.24. The highest BCUT2D eigenvalue weighted by Crippen LogP contribution is 2.31. The number of ether oxygens (including phenoxy) is 1. The summed E-state index contributed by atoms with van der Waals surface area (Å²) in [6, 6.07) is 10.2. The molecule has 0 aliphatic carbocycles. The Labute approximate surface area is 163 Å². The molecule has 0 saturated heterocycles. The minimum absolute atomic E-state index is 0.113. The third-order valence-corrected chi connectivity index (χ3v) is 4.70. The third-order valence-electron chi connectivity index (χ3n) is 4.47. The van der Waals surface area contributed by atoms with Crippen LogP contribution in [0.15, 0.2) is 36.4 Å². The number of halogens is 1. The summed E-state index contributed by atoms with van der Waals surface area (Å²) in [6.07, 6.45) is 2.26. The van der Waals surface area contributed by atoms with E-state index in [1.54, 1.807) is 24.3 Å². The van der Waals surface area contributed by atoms with E-state index in [-0.39, 0.29) is 5.91 Å². The lowest BCUT2D eigenvalue weighted by atomic mass is 10.0. The fraction of sp³-hybridized carbons (Fsp3) is 0.300. The van der Waals surface area contributed by atoms with Gasteiger partial charge in [0.25, 0.3) is 0 Å². The summed E-state index contributed by atoms with van der Waals surface area (Å²) < 4.78 is 5.23. The Morgan fingerprint density at radius 2 is 2.00 bits per heavy atom. The number of urea groups is 1. The van der Waals surface area contributed by atoms with Gasteiger partial charge in [-0.2, -0.15) is 0 Å². The van der Waals surface area contributed by atoms with E-state index in [0.717, 1.165) is 30.6 Å². The Morgan fingerprint density at radius 1 is 1.19 bits per heavy atom. The van der Waals surface area contributed by atoms with E-state index in [1.165, 1.54) is 7.11 Å². The Morgan fingerprint density at radius 3 is 2.74 bits per heavy atom. The van der Waals surface area contributed by atoms with E-state index in [4.69, 9.17) is 16.3 Å². The number of carbonyl (C=O) groups is 2. The molecule has 3 rings (SSSR count). The summed E-state index contributed by atoms with van der Waals surface area (Å²) in [5.41, 5.74) is 3.13. The van der Waals surface area contributed by atoms with E-state index in [9.17, 15) is 9.59 Å². The van der Waals surface area contributed by atoms with E-state index in [0.29, 0.717) is 28.6 Å². The van der Waals surface area contributed by atoms with Crippen molar-refractivity contribution in [3.05, 3.63) is 47.0 Å². The molecule has 0 atom stereocenters. The normalized spacial score (nSPS) is 12.9. The second-order valence-corrected chi connectivity index (χ2v) is 6.71. The zero-order chi connectivity index (χ0) is 19.4. The number of fused-ring (bicyclic) bond motifs is 1. The van der Waals surface area contributed by atoms with Gasteiger partial charge in [0.2, 0.25) is 5.91 Å². The highest BCUT2D eigenvalue weighted by Gasteiger charge is 2.21. The Kier molecular flexibility index (Phi) is 5.86. The summed E-state index contributed by atoms with van der Waals surface area (Å²) in [7, 11) is 1.53. The predicted octanol–water partition coefficient (Wildman–Crippen LogP) is 4.68. The Hall–Kier alpha value is -2.73. The molecule has 2 N–H and O–H groups in total. The van der Waals surface area contributed by atoms with E-state index in [2.05, 4.69) is 10.6 Å². The molecule has 2 aromatic carbocycles. The summed E-state index contributed by atoms with van der Waals surface area (Å²) in [4.78, 5) is 26.3. The zero-order valence-electron chi connectivity index (χ0n) is 15.3. The van der Waals surface area contributed by atoms with Crippen LogP contribution in [-0.2, 0) is 11.2 Å². The van der Waals surface area contributed by atoms with Crippen molar-refractivity contribution in [2.24, 2.45) is 0 Å². The number of carbonyl (C=O) groups excluding carboxylic acids is 2. The minimum Gasteiger partial charge on any atom is -0.495 e. The SMILES string of the molecule is CCC(=O)N1CCCc2cc(NC(=O)Nc3cc(Cl)ccc3OC)ccc21. The van der Waals surface area contributed by atoms with Gasteiger partial charge >= 0.3 is 6.03 Å². The van der Waals surface area contributed by atoms with Gasteiger partial charge in [-0.3, -0.25) is 4.79 Å². The largest absolute Gasteiger partial charge is 0.495 e. The maximum absolute atomic E-state index is 12.4. The fourth-order valence-corrected chi connectivity index (χ4v) is 3.36. The van der Waals surface area contributed by atoms with Crippen molar-refractivity contribution in [3.63, 3.8) is 0 Å². The first-order chi connectivity index (χ1) is 13.0. The van der Waals surface area contributed by atoms with Gasteiger partial charge < -0.3 is 20.3 Å². The van der Waals surface area contributed by atoms with Gasteiger partial charge in [-0.05, 0) is 54.8 Å². The smallest absolute Gasteiger partial charge is 0.323 e. The maximum atomic E-state index is 12.4. The molecule has 0 radical (unpaired) electrons. The van der Waals surface area contributed by atoms with Crippen LogP contribution in [0.5, 0.6) is 5.75 Å². The molecule has 6 nitrogen and oxygen atoms in total.